The highest BCUT2D eigenvalue weighted by Gasteiger charge is 2.32. The molecule has 2 aromatic carbocycles. The van der Waals surface area contributed by atoms with Crippen LogP contribution >= 0.6 is 0 Å². The summed E-state index contributed by atoms with van der Waals surface area (Å²) >= 11 is 0. The van der Waals surface area contributed by atoms with E-state index in [1.807, 2.05) is 61.2 Å². The average Bonchev–Trinajstić information content (AvgIpc) is 3.15. The highest BCUT2D eigenvalue weighted by molar-refractivity contribution is 5.93. The van der Waals surface area contributed by atoms with Crippen LogP contribution in [0.5, 0.6) is 11.5 Å². The Morgan fingerprint density at radius 1 is 1.07 bits per heavy atom. The van der Waals surface area contributed by atoms with E-state index in [9.17, 15) is 4.79 Å². The van der Waals surface area contributed by atoms with E-state index in [0.29, 0.717) is 29.4 Å². The summed E-state index contributed by atoms with van der Waals surface area (Å²) in [4.78, 5) is 16.7. The minimum Gasteiger partial charge on any atom is -0.493 e. The summed E-state index contributed by atoms with van der Waals surface area (Å²) in [5.41, 5.74) is 4.05. The molecule has 1 aliphatic rings. The van der Waals surface area contributed by atoms with Gasteiger partial charge in [0.1, 0.15) is 0 Å². The number of aromatic nitrogens is 3. The van der Waals surface area contributed by atoms with Crippen molar-refractivity contribution in [2.24, 2.45) is 0 Å². The molecule has 0 aliphatic carbocycles. The van der Waals surface area contributed by atoms with Gasteiger partial charge in [-0.3, -0.25) is 4.79 Å². The highest BCUT2D eigenvalue weighted by atomic mass is 16.5. The van der Waals surface area contributed by atoms with E-state index in [0.717, 1.165) is 17.7 Å². The monoisotopic (exact) mass is 392 g/mol. The van der Waals surface area contributed by atoms with Crippen LogP contribution in [0.15, 0.2) is 42.5 Å². The van der Waals surface area contributed by atoms with Crippen molar-refractivity contribution in [1.29, 1.82) is 0 Å². The number of methoxy groups -OCH3 is 2. The number of para-hydroxylation sites is 1. The first kappa shape index (κ1) is 19.0. The van der Waals surface area contributed by atoms with Crippen molar-refractivity contribution in [2.45, 2.75) is 26.3 Å². The standard InChI is InChI=1S/C22H24N4O3/c1-14-21(24-26(23-14)17-8-6-5-7-9-17)22(27)25-11-10-16-12-19(28-3)20(29-4)13-18(16)15(25)2/h5-9,12-13,15H,10-11H2,1-4H3/t15-/m0/s1. The van der Waals surface area contributed by atoms with E-state index in [4.69, 9.17) is 9.47 Å². The van der Waals surface area contributed by atoms with E-state index in [-0.39, 0.29) is 11.9 Å². The summed E-state index contributed by atoms with van der Waals surface area (Å²) in [5.74, 6) is 1.26. The van der Waals surface area contributed by atoms with Gasteiger partial charge in [-0.15, -0.1) is 5.10 Å². The minimum absolute atomic E-state index is 0.104. The Morgan fingerprint density at radius 2 is 1.76 bits per heavy atom. The first-order valence-electron chi connectivity index (χ1n) is 9.58. The average molecular weight is 392 g/mol. The second kappa shape index (κ2) is 7.58. The van der Waals surface area contributed by atoms with Crippen LogP contribution in [0.25, 0.3) is 5.69 Å². The van der Waals surface area contributed by atoms with Gasteiger partial charge in [-0.2, -0.15) is 9.90 Å². The van der Waals surface area contributed by atoms with Crippen LogP contribution < -0.4 is 9.47 Å². The SMILES string of the molecule is COc1cc2c(cc1OC)[C@H](C)N(C(=O)c1nn(-c3ccccc3)nc1C)CC2. The Kier molecular flexibility index (Phi) is 4.96. The fraction of sp³-hybridized carbons (Fsp3) is 0.318. The molecule has 7 nitrogen and oxygen atoms in total. The second-order valence-corrected chi connectivity index (χ2v) is 7.09. The van der Waals surface area contributed by atoms with Gasteiger partial charge in [-0.1, -0.05) is 18.2 Å². The number of hydrogen-bond acceptors (Lipinski definition) is 5. The third-order valence-corrected chi connectivity index (χ3v) is 5.42. The molecule has 1 aromatic heterocycles. The minimum atomic E-state index is -0.113. The lowest BCUT2D eigenvalue weighted by Gasteiger charge is -2.35. The predicted octanol–water partition coefficient (Wildman–Crippen LogP) is 3.35. The van der Waals surface area contributed by atoms with Gasteiger partial charge >= 0.3 is 0 Å². The number of hydrogen-bond donors (Lipinski definition) is 0. The zero-order valence-corrected chi connectivity index (χ0v) is 17.0. The lowest BCUT2D eigenvalue weighted by Crippen LogP contribution is -2.39. The molecule has 29 heavy (non-hydrogen) atoms. The molecule has 3 aromatic rings. The molecule has 1 amide bonds. The van der Waals surface area contributed by atoms with Gasteiger partial charge < -0.3 is 14.4 Å². The fourth-order valence-corrected chi connectivity index (χ4v) is 3.81. The van der Waals surface area contributed by atoms with Gasteiger partial charge in [0, 0.05) is 6.54 Å². The van der Waals surface area contributed by atoms with Crippen molar-refractivity contribution >= 4 is 5.91 Å². The molecule has 150 valence electrons. The highest BCUT2D eigenvalue weighted by Crippen LogP contribution is 2.38. The molecule has 1 aliphatic heterocycles. The van der Waals surface area contributed by atoms with Gasteiger partial charge in [0.2, 0.25) is 0 Å². The zero-order valence-electron chi connectivity index (χ0n) is 17.0. The van der Waals surface area contributed by atoms with Crippen LogP contribution in [0.4, 0.5) is 0 Å². The maximum Gasteiger partial charge on any atom is 0.276 e. The predicted molar refractivity (Wildman–Crippen MR) is 109 cm³/mol. The molecule has 0 radical (unpaired) electrons. The Labute approximate surface area is 169 Å². The van der Waals surface area contributed by atoms with Crippen molar-refractivity contribution in [2.75, 3.05) is 20.8 Å². The Hall–Kier alpha value is -3.35. The van der Waals surface area contributed by atoms with E-state index in [1.54, 1.807) is 14.2 Å². The van der Waals surface area contributed by atoms with Gasteiger partial charge in [0.15, 0.2) is 17.2 Å². The number of ether oxygens (including phenoxy) is 2. The van der Waals surface area contributed by atoms with Crippen molar-refractivity contribution in [3.05, 3.63) is 65.0 Å². The number of aryl methyl sites for hydroxylation is 1. The Bertz CT molecular complexity index is 1050. The van der Waals surface area contributed by atoms with Crippen LogP contribution in [0.1, 0.15) is 40.3 Å². The molecular formula is C22H24N4O3. The maximum atomic E-state index is 13.3. The molecule has 0 unspecified atom stereocenters. The lowest BCUT2D eigenvalue weighted by atomic mass is 9.92. The van der Waals surface area contributed by atoms with Crippen molar-refractivity contribution in [1.82, 2.24) is 19.9 Å². The Morgan fingerprint density at radius 3 is 2.45 bits per heavy atom. The smallest absolute Gasteiger partial charge is 0.276 e. The molecular weight excluding hydrogens is 368 g/mol. The van der Waals surface area contributed by atoms with Crippen LogP contribution in [-0.4, -0.2) is 46.6 Å². The quantitative estimate of drug-likeness (QED) is 0.681. The van der Waals surface area contributed by atoms with Gasteiger partial charge in [-0.25, -0.2) is 0 Å². The number of benzene rings is 2. The summed E-state index contributed by atoms with van der Waals surface area (Å²) in [5, 5.41) is 8.91. The fourth-order valence-electron chi connectivity index (χ4n) is 3.81. The van der Waals surface area contributed by atoms with Gasteiger partial charge in [-0.05, 0) is 55.7 Å². The Balaban J connectivity index is 1.65. The normalized spacial score (nSPS) is 15.7. The van der Waals surface area contributed by atoms with Gasteiger partial charge in [0.05, 0.1) is 31.6 Å². The number of carbonyl (C=O) groups excluding carboxylic acids is 1. The molecule has 1 atom stereocenters. The molecule has 0 N–H and O–H groups in total. The molecule has 0 fully saturated rings. The van der Waals surface area contributed by atoms with Crippen LogP contribution in [0.2, 0.25) is 0 Å². The number of fused-ring (bicyclic) bond motifs is 1. The number of rotatable bonds is 4. The number of carbonyl (C=O) groups is 1. The van der Waals surface area contributed by atoms with E-state index in [2.05, 4.69) is 10.2 Å². The molecule has 2 heterocycles. The van der Waals surface area contributed by atoms with Crippen molar-refractivity contribution in [3.63, 3.8) is 0 Å². The van der Waals surface area contributed by atoms with E-state index >= 15 is 0 Å². The first-order chi connectivity index (χ1) is 14.0. The summed E-state index contributed by atoms with van der Waals surface area (Å²) in [6, 6.07) is 13.5. The van der Waals surface area contributed by atoms with Crippen LogP contribution in [-0.2, 0) is 6.42 Å². The largest absolute Gasteiger partial charge is 0.493 e. The number of nitrogens with zero attached hydrogens (tertiary/aromatic N) is 4. The molecule has 4 rings (SSSR count). The molecule has 0 bridgehead atoms. The zero-order chi connectivity index (χ0) is 20.5. The van der Waals surface area contributed by atoms with E-state index in [1.165, 1.54) is 10.4 Å². The topological polar surface area (TPSA) is 69.5 Å². The summed E-state index contributed by atoms with van der Waals surface area (Å²) in [7, 11) is 3.25. The third kappa shape index (κ3) is 3.33. The third-order valence-electron chi connectivity index (χ3n) is 5.42. The van der Waals surface area contributed by atoms with Crippen molar-refractivity contribution in [3.8, 4) is 17.2 Å². The molecule has 0 saturated heterocycles. The molecule has 7 heteroatoms. The van der Waals surface area contributed by atoms with Crippen LogP contribution in [0, 0.1) is 6.92 Å². The molecule has 0 spiro atoms. The molecule has 0 saturated carbocycles. The number of amides is 1. The first-order valence-corrected chi connectivity index (χ1v) is 9.58. The van der Waals surface area contributed by atoms with Crippen molar-refractivity contribution < 1.29 is 14.3 Å². The maximum absolute atomic E-state index is 13.3. The second-order valence-electron chi connectivity index (χ2n) is 7.09. The summed E-state index contributed by atoms with van der Waals surface area (Å²) < 4.78 is 10.9. The summed E-state index contributed by atoms with van der Waals surface area (Å²) in [6.45, 7) is 4.45. The van der Waals surface area contributed by atoms with Gasteiger partial charge in [0.25, 0.3) is 5.91 Å². The lowest BCUT2D eigenvalue weighted by molar-refractivity contribution is 0.0670. The van der Waals surface area contributed by atoms with Crippen LogP contribution in [0.3, 0.4) is 0 Å². The summed E-state index contributed by atoms with van der Waals surface area (Å²) in [6.07, 6.45) is 0.748. The van der Waals surface area contributed by atoms with E-state index < -0.39 is 0 Å².